The summed E-state index contributed by atoms with van der Waals surface area (Å²) in [5, 5.41) is 0. The lowest BCUT2D eigenvalue weighted by atomic mass is 10.1. The van der Waals surface area contributed by atoms with Crippen LogP contribution in [0.5, 0.6) is 0 Å². The second-order valence-electron chi connectivity index (χ2n) is 5.55. The van der Waals surface area contributed by atoms with Crippen molar-refractivity contribution in [3.8, 4) is 0 Å². The van der Waals surface area contributed by atoms with Crippen LogP contribution in [0.3, 0.4) is 0 Å². The number of carbonyl (C=O) groups excluding carboxylic acids is 1. The molecule has 0 saturated heterocycles. The van der Waals surface area contributed by atoms with Crippen molar-refractivity contribution in [1.29, 1.82) is 0 Å². The van der Waals surface area contributed by atoms with Gasteiger partial charge in [-0.2, -0.15) is 0 Å². The Kier molecular flexibility index (Phi) is 10.5. The fraction of sp³-hybridized carbons (Fsp3) is 0.824. The second-order valence-corrected chi connectivity index (χ2v) is 5.55. The lowest BCUT2D eigenvalue weighted by Crippen LogP contribution is -2.05. The van der Waals surface area contributed by atoms with Crippen molar-refractivity contribution in [2.75, 3.05) is 6.61 Å². The fourth-order valence-electron chi connectivity index (χ4n) is 2.45. The lowest BCUT2D eigenvalue weighted by molar-refractivity contribution is -0.143. The topological polar surface area (TPSA) is 26.3 Å². The predicted octanol–water partition coefficient (Wildman–Crippen LogP) is 5.17. The summed E-state index contributed by atoms with van der Waals surface area (Å²) >= 11 is 0. The summed E-state index contributed by atoms with van der Waals surface area (Å²) < 4.78 is 5.22. The SMILES string of the molecule is O=C1CCCCCCCCCC/C=C/CCCCO1. The van der Waals surface area contributed by atoms with Crippen LogP contribution in [0.4, 0.5) is 0 Å². The average molecular weight is 266 g/mol. The summed E-state index contributed by atoms with van der Waals surface area (Å²) in [6, 6.07) is 0. The molecule has 0 atom stereocenters. The Bertz CT molecular complexity index is 246. The molecule has 1 rings (SSSR count). The number of carbonyl (C=O) groups is 1. The van der Waals surface area contributed by atoms with Crippen LogP contribution in [-0.2, 0) is 9.53 Å². The third-order valence-corrected chi connectivity index (χ3v) is 3.70. The van der Waals surface area contributed by atoms with E-state index in [9.17, 15) is 4.79 Å². The molecule has 0 N–H and O–H groups in total. The number of hydrogen-bond acceptors (Lipinski definition) is 2. The highest BCUT2D eigenvalue weighted by Crippen LogP contribution is 2.12. The van der Waals surface area contributed by atoms with Crippen molar-refractivity contribution in [3.63, 3.8) is 0 Å². The molecule has 110 valence electrons. The van der Waals surface area contributed by atoms with Crippen LogP contribution in [0, 0.1) is 0 Å². The first-order valence-electron chi connectivity index (χ1n) is 8.20. The number of hydrogen-bond donors (Lipinski definition) is 0. The average Bonchev–Trinajstić information content (AvgIpc) is 2.41. The number of rotatable bonds is 0. The first-order chi connectivity index (χ1) is 9.39. The molecule has 2 nitrogen and oxygen atoms in total. The Morgan fingerprint density at radius 1 is 0.684 bits per heavy atom. The van der Waals surface area contributed by atoms with Crippen LogP contribution in [0.2, 0.25) is 0 Å². The van der Waals surface area contributed by atoms with E-state index >= 15 is 0 Å². The van der Waals surface area contributed by atoms with Gasteiger partial charge in [0.15, 0.2) is 0 Å². The van der Waals surface area contributed by atoms with Gasteiger partial charge in [0.25, 0.3) is 0 Å². The zero-order chi connectivity index (χ0) is 13.6. The van der Waals surface area contributed by atoms with E-state index in [1.54, 1.807) is 0 Å². The number of ether oxygens (including phenoxy) is 1. The van der Waals surface area contributed by atoms with Crippen LogP contribution in [0.15, 0.2) is 12.2 Å². The lowest BCUT2D eigenvalue weighted by Gasteiger charge is -2.05. The van der Waals surface area contributed by atoms with E-state index in [4.69, 9.17) is 4.74 Å². The highest BCUT2D eigenvalue weighted by Gasteiger charge is 2.02. The van der Waals surface area contributed by atoms with Crippen LogP contribution in [0.25, 0.3) is 0 Å². The van der Waals surface area contributed by atoms with E-state index in [1.807, 2.05) is 0 Å². The summed E-state index contributed by atoms with van der Waals surface area (Å²) in [5.74, 6) is -0.00309. The first kappa shape index (κ1) is 16.3. The molecule has 1 aliphatic heterocycles. The van der Waals surface area contributed by atoms with E-state index in [0.717, 1.165) is 25.7 Å². The molecule has 2 heteroatoms. The van der Waals surface area contributed by atoms with Crippen LogP contribution >= 0.6 is 0 Å². The molecule has 1 heterocycles. The van der Waals surface area contributed by atoms with Crippen molar-refractivity contribution >= 4 is 5.97 Å². The van der Waals surface area contributed by atoms with Crippen molar-refractivity contribution in [2.24, 2.45) is 0 Å². The van der Waals surface area contributed by atoms with Gasteiger partial charge in [-0.15, -0.1) is 0 Å². The number of esters is 1. The Hall–Kier alpha value is -0.790. The molecule has 0 aliphatic carbocycles. The van der Waals surface area contributed by atoms with Gasteiger partial charge in [-0.3, -0.25) is 4.79 Å². The zero-order valence-corrected chi connectivity index (χ0v) is 12.4. The van der Waals surface area contributed by atoms with Crippen LogP contribution < -0.4 is 0 Å². The minimum absolute atomic E-state index is 0.00309. The highest BCUT2D eigenvalue weighted by atomic mass is 16.5. The molecule has 19 heavy (non-hydrogen) atoms. The smallest absolute Gasteiger partial charge is 0.305 e. The number of cyclic esters (lactones) is 1. The minimum Gasteiger partial charge on any atom is -0.466 e. The third kappa shape index (κ3) is 10.8. The molecule has 0 radical (unpaired) electrons. The second kappa shape index (κ2) is 12.3. The normalized spacial score (nSPS) is 23.9. The molecule has 0 fully saturated rings. The fourth-order valence-corrected chi connectivity index (χ4v) is 2.45. The Morgan fingerprint density at radius 2 is 1.21 bits per heavy atom. The zero-order valence-electron chi connectivity index (χ0n) is 12.4. The molecule has 0 saturated carbocycles. The Labute approximate surface area is 118 Å². The molecular weight excluding hydrogens is 236 g/mol. The van der Waals surface area contributed by atoms with Crippen molar-refractivity contribution < 1.29 is 9.53 Å². The molecule has 0 amide bonds. The van der Waals surface area contributed by atoms with Gasteiger partial charge in [-0.05, 0) is 38.5 Å². The van der Waals surface area contributed by atoms with Gasteiger partial charge in [-0.1, -0.05) is 50.7 Å². The molecular formula is C17H30O2. The summed E-state index contributed by atoms with van der Waals surface area (Å²) in [6.45, 7) is 0.604. The predicted molar refractivity (Wildman–Crippen MR) is 80.1 cm³/mol. The maximum atomic E-state index is 11.4. The maximum absolute atomic E-state index is 11.4. The monoisotopic (exact) mass is 266 g/mol. The highest BCUT2D eigenvalue weighted by molar-refractivity contribution is 5.69. The molecule has 0 spiro atoms. The van der Waals surface area contributed by atoms with E-state index in [0.29, 0.717) is 13.0 Å². The molecule has 0 aromatic heterocycles. The van der Waals surface area contributed by atoms with Gasteiger partial charge < -0.3 is 4.74 Å². The van der Waals surface area contributed by atoms with Crippen molar-refractivity contribution in [3.05, 3.63) is 12.2 Å². The molecule has 0 bridgehead atoms. The molecule has 0 aromatic carbocycles. The van der Waals surface area contributed by atoms with E-state index in [-0.39, 0.29) is 5.97 Å². The summed E-state index contributed by atoms with van der Waals surface area (Å²) in [6.07, 6.45) is 19.9. The number of allylic oxidation sites excluding steroid dienone is 2. The van der Waals surface area contributed by atoms with Crippen molar-refractivity contribution in [2.45, 2.75) is 83.5 Å². The quantitative estimate of drug-likeness (QED) is 0.446. The van der Waals surface area contributed by atoms with E-state index < -0.39 is 0 Å². The third-order valence-electron chi connectivity index (χ3n) is 3.70. The van der Waals surface area contributed by atoms with Crippen molar-refractivity contribution in [1.82, 2.24) is 0 Å². The van der Waals surface area contributed by atoms with E-state index in [2.05, 4.69) is 12.2 Å². The molecule has 1 aliphatic rings. The van der Waals surface area contributed by atoms with Gasteiger partial charge >= 0.3 is 5.97 Å². The van der Waals surface area contributed by atoms with Gasteiger partial charge in [0.2, 0.25) is 0 Å². The van der Waals surface area contributed by atoms with Gasteiger partial charge in [0, 0.05) is 6.42 Å². The van der Waals surface area contributed by atoms with Crippen LogP contribution in [-0.4, -0.2) is 12.6 Å². The summed E-state index contributed by atoms with van der Waals surface area (Å²) in [7, 11) is 0. The standard InChI is InChI=1S/C17H30O2/c18-17-15-13-11-9-7-5-3-1-2-4-6-8-10-12-14-16-19-17/h6,8H,1-5,7,9-16H2/b8-6+. The van der Waals surface area contributed by atoms with E-state index in [1.165, 1.54) is 51.4 Å². The van der Waals surface area contributed by atoms with Gasteiger partial charge in [-0.25, -0.2) is 0 Å². The Balaban J connectivity index is 2.16. The Morgan fingerprint density at radius 3 is 1.89 bits per heavy atom. The van der Waals surface area contributed by atoms with Gasteiger partial charge in [0.05, 0.1) is 6.61 Å². The molecule has 0 unspecified atom stereocenters. The maximum Gasteiger partial charge on any atom is 0.305 e. The van der Waals surface area contributed by atoms with Crippen LogP contribution in [0.1, 0.15) is 83.5 Å². The molecule has 0 aromatic rings. The van der Waals surface area contributed by atoms with Gasteiger partial charge in [0.1, 0.15) is 0 Å². The largest absolute Gasteiger partial charge is 0.466 e. The summed E-state index contributed by atoms with van der Waals surface area (Å²) in [5.41, 5.74) is 0. The minimum atomic E-state index is -0.00309. The summed E-state index contributed by atoms with van der Waals surface area (Å²) in [4.78, 5) is 11.4. The first-order valence-corrected chi connectivity index (χ1v) is 8.20.